The molecule has 0 spiro atoms. The van der Waals surface area contributed by atoms with Gasteiger partial charge < -0.3 is 14.8 Å². The molecule has 0 radical (unpaired) electrons. The van der Waals surface area contributed by atoms with E-state index in [4.69, 9.17) is 9.47 Å². The van der Waals surface area contributed by atoms with Crippen molar-refractivity contribution in [2.75, 3.05) is 33.4 Å². The van der Waals surface area contributed by atoms with E-state index in [1.165, 1.54) is 11.1 Å². The predicted molar refractivity (Wildman–Crippen MR) is 111 cm³/mol. The van der Waals surface area contributed by atoms with E-state index < -0.39 is 0 Å². The maximum atomic E-state index is 5.96. The van der Waals surface area contributed by atoms with Gasteiger partial charge in [0.05, 0.1) is 13.7 Å². The number of methoxy groups -OCH3 is 1. The van der Waals surface area contributed by atoms with E-state index in [2.05, 4.69) is 47.2 Å². The fourth-order valence-electron chi connectivity index (χ4n) is 3.26. The number of halogens is 1. The molecule has 1 fully saturated rings. The second kappa shape index (κ2) is 10.5. The van der Waals surface area contributed by atoms with Crippen LogP contribution in [0.4, 0.5) is 0 Å². The predicted octanol–water partition coefficient (Wildman–Crippen LogP) is 3.69. The molecule has 6 heteroatoms. The minimum Gasteiger partial charge on any atom is -0.493 e. The molecular weight excluding hydrogens is 362 g/mol. The van der Waals surface area contributed by atoms with Crippen LogP contribution in [0.25, 0.3) is 0 Å². The molecule has 0 saturated carbocycles. The number of rotatable bonds is 7. The molecule has 3 rings (SSSR count). The van der Waals surface area contributed by atoms with E-state index >= 15 is 0 Å². The molecule has 1 aliphatic heterocycles. The normalized spacial score (nSPS) is 17.4. The first-order chi connectivity index (χ1) is 12.7. The second-order valence-electron chi connectivity index (χ2n) is 7.17. The third-order valence-electron chi connectivity index (χ3n) is 4.61. The lowest BCUT2D eigenvalue weighted by atomic mass is 10.0. The van der Waals surface area contributed by atoms with Crippen molar-refractivity contribution in [3.8, 4) is 11.5 Å². The lowest BCUT2D eigenvalue weighted by Crippen LogP contribution is -2.45. The Labute approximate surface area is 168 Å². The summed E-state index contributed by atoms with van der Waals surface area (Å²) in [6.45, 7) is 8.82. The van der Waals surface area contributed by atoms with Gasteiger partial charge in [0.25, 0.3) is 0 Å². The molecule has 0 aliphatic carbocycles. The van der Waals surface area contributed by atoms with Crippen LogP contribution in [0.15, 0.2) is 42.7 Å². The van der Waals surface area contributed by atoms with E-state index in [9.17, 15) is 0 Å². The largest absolute Gasteiger partial charge is 0.493 e. The molecule has 2 aromatic rings. The Morgan fingerprint density at radius 1 is 1.26 bits per heavy atom. The topological polar surface area (TPSA) is 46.6 Å². The molecular formula is C21H30ClN3O2. The van der Waals surface area contributed by atoms with Gasteiger partial charge in [-0.1, -0.05) is 26.0 Å². The Morgan fingerprint density at radius 2 is 2.11 bits per heavy atom. The molecule has 2 heterocycles. The van der Waals surface area contributed by atoms with Crippen molar-refractivity contribution in [3.63, 3.8) is 0 Å². The van der Waals surface area contributed by atoms with Gasteiger partial charge in [-0.15, -0.1) is 12.4 Å². The molecule has 1 N–H and O–H groups in total. The summed E-state index contributed by atoms with van der Waals surface area (Å²) in [6.07, 6.45) is 3.79. The quantitative estimate of drug-likeness (QED) is 0.779. The summed E-state index contributed by atoms with van der Waals surface area (Å²) >= 11 is 0. The molecule has 148 valence electrons. The third-order valence-corrected chi connectivity index (χ3v) is 4.61. The minimum absolute atomic E-state index is 0. The zero-order chi connectivity index (χ0) is 18.4. The number of aromatic nitrogens is 1. The van der Waals surface area contributed by atoms with Crippen LogP contribution < -0.4 is 14.8 Å². The summed E-state index contributed by atoms with van der Waals surface area (Å²) < 4.78 is 11.4. The van der Waals surface area contributed by atoms with E-state index in [0.717, 1.165) is 37.7 Å². The smallest absolute Gasteiger partial charge is 0.161 e. The van der Waals surface area contributed by atoms with Gasteiger partial charge in [-0.25, -0.2) is 0 Å². The lowest BCUT2D eigenvalue weighted by molar-refractivity contribution is 0.153. The second-order valence-corrected chi connectivity index (χ2v) is 7.17. The van der Waals surface area contributed by atoms with Crippen LogP contribution in [0.5, 0.6) is 11.5 Å². The van der Waals surface area contributed by atoms with Crippen LogP contribution in [0.2, 0.25) is 0 Å². The van der Waals surface area contributed by atoms with Gasteiger partial charge in [-0.2, -0.15) is 0 Å². The maximum Gasteiger partial charge on any atom is 0.161 e. The Bertz CT molecular complexity index is 697. The minimum atomic E-state index is 0. The number of piperazine rings is 1. The Balaban J connectivity index is 0.00000261. The molecule has 1 aliphatic rings. The molecule has 0 bridgehead atoms. The van der Waals surface area contributed by atoms with Crippen molar-refractivity contribution in [1.29, 1.82) is 0 Å². The van der Waals surface area contributed by atoms with E-state index in [1.54, 1.807) is 7.11 Å². The summed E-state index contributed by atoms with van der Waals surface area (Å²) in [7, 11) is 1.69. The highest BCUT2D eigenvalue weighted by Gasteiger charge is 2.24. The van der Waals surface area contributed by atoms with E-state index in [1.807, 2.05) is 24.5 Å². The standard InChI is InChI=1S/C21H29N3O2.ClH/c1-16(2)15-26-21-11-17(6-7-20(21)25-3)14-24-10-9-23-13-19(24)18-5-4-8-22-12-18;/h4-8,11-12,16,19,23H,9-10,13-15H2,1-3H3;1H. The average molecular weight is 392 g/mol. The maximum absolute atomic E-state index is 5.96. The van der Waals surface area contributed by atoms with Crippen LogP contribution in [0.1, 0.15) is 31.0 Å². The monoisotopic (exact) mass is 391 g/mol. The molecule has 1 atom stereocenters. The summed E-state index contributed by atoms with van der Waals surface area (Å²) in [5, 5.41) is 3.50. The van der Waals surface area contributed by atoms with Gasteiger partial charge in [-0.05, 0) is 35.2 Å². The van der Waals surface area contributed by atoms with Crippen LogP contribution in [-0.2, 0) is 6.54 Å². The van der Waals surface area contributed by atoms with Crippen LogP contribution in [-0.4, -0.2) is 43.2 Å². The van der Waals surface area contributed by atoms with Crippen molar-refractivity contribution in [2.45, 2.75) is 26.4 Å². The first-order valence-electron chi connectivity index (χ1n) is 9.31. The first kappa shape index (κ1) is 21.5. The number of ether oxygens (including phenoxy) is 2. The van der Waals surface area contributed by atoms with E-state index in [-0.39, 0.29) is 12.4 Å². The highest BCUT2D eigenvalue weighted by molar-refractivity contribution is 5.85. The molecule has 0 amide bonds. The van der Waals surface area contributed by atoms with Gasteiger partial charge in [0, 0.05) is 44.6 Å². The zero-order valence-corrected chi connectivity index (χ0v) is 17.2. The fourth-order valence-corrected chi connectivity index (χ4v) is 3.26. The summed E-state index contributed by atoms with van der Waals surface area (Å²) in [6, 6.07) is 10.7. The van der Waals surface area contributed by atoms with Crippen LogP contribution in [0, 0.1) is 5.92 Å². The summed E-state index contributed by atoms with van der Waals surface area (Å²) in [4.78, 5) is 6.79. The summed E-state index contributed by atoms with van der Waals surface area (Å²) in [5.41, 5.74) is 2.49. The molecule has 5 nitrogen and oxygen atoms in total. The average Bonchev–Trinajstić information content (AvgIpc) is 2.67. The fraction of sp³-hybridized carbons (Fsp3) is 0.476. The Hall–Kier alpha value is -1.82. The van der Waals surface area contributed by atoms with Crippen LogP contribution in [0.3, 0.4) is 0 Å². The Morgan fingerprint density at radius 3 is 2.81 bits per heavy atom. The highest BCUT2D eigenvalue weighted by atomic mass is 35.5. The van der Waals surface area contributed by atoms with Gasteiger partial charge in [0.2, 0.25) is 0 Å². The molecule has 1 unspecified atom stereocenters. The van der Waals surface area contributed by atoms with E-state index in [0.29, 0.717) is 18.6 Å². The number of hydrogen-bond donors (Lipinski definition) is 1. The van der Waals surface area contributed by atoms with Crippen molar-refractivity contribution < 1.29 is 9.47 Å². The lowest BCUT2D eigenvalue weighted by Gasteiger charge is -2.36. The first-order valence-corrected chi connectivity index (χ1v) is 9.31. The van der Waals surface area contributed by atoms with Gasteiger partial charge in [-0.3, -0.25) is 9.88 Å². The number of benzene rings is 1. The third kappa shape index (κ3) is 5.83. The van der Waals surface area contributed by atoms with Gasteiger partial charge >= 0.3 is 0 Å². The highest BCUT2D eigenvalue weighted by Crippen LogP contribution is 2.30. The molecule has 1 aromatic heterocycles. The number of pyridine rings is 1. The van der Waals surface area contributed by atoms with Crippen molar-refractivity contribution in [3.05, 3.63) is 53.9 Å². The van der Waals surface area contributed by atoms with Crippen molar-refractivity contribution in [1.82, 2.24) is 15.2 Å². The molecule has 27 heavy (non-hydrogen) atoms. The number of nitrogens with zero attached hydrogens (tertiary/aromatic N) is 2. The van der Waals surface area contributed by atoms with Gasteiger partial charge in [0.15, 0.2) is 11.5 Å². The molecule has 1 saturated heterocycles. The Kier molecular flexibility index (Phi) is 8.35. The van der Waals surface area contributed by atoms with Crippen LogP contribution >= 0.6 is 12.4 Å². The van der Waals surface area contributed by atoms with Crippen molar-refractivity contribution in [2.24, 2.45) is 5.92 Å². The molecule has 1 aromatic carbocycles. The van der Waals surface area contributed by atoms with Gasteiger partial charge in [0.1, 0.15) is 0 Å². The SMILES string of the molecule is COc1ccc(CN2CCNCC2c2cccnc2)cc1OCC(C)C.Cl. The number of nitrogens with one attached hydrogen (secondary N) is 1. The zero-order valence-electron chi connectivity index (χ0n) is 16.4. The van der Waals surface area contributed by atoms with Crippen molar-refractivity contribution >= 4 is 12.4 Å². The number of hydrogen-bond acceptors (Lipinski definition) is 5. The summed E-state index contributed by atoms with van der Waals surface area (Å²) in [5.74, 6) is 2.09.